The molecule has 0 bridgehead atoms. The van der Waals surface area contributed by atoms with Crippen LogP contribution in [0.4, 0.5) is 27.8 Å². The lowest BCUT2D eigenvalue weighted by Gasteiger charge is -2.47. The van der Waals surface area contributed by atoms with Gasteiger partial charge in [-0.1, -0.05) is 6.58 Å². The molecular formula is C32H41FN8O4S. The molecule has 46 heavy (non-hydrogen) atoms. The average Bonchev–Trinajstić information content (AvgIpc) is 3.52. The van der Waals surface area contributed by atoms with Gasteiger partial charge in [0.1, 0.15) is 33.5 Å². The molecule has 0 spiro atoms. The Morgan fingerprint density at radius 1 is 1.15 bits per heavy atom. The standard InChI is InChI=1S/C32H41FN8O4S/c1-6-30(42)39-11-7-8-26(39)23-14-36-31(41-16-21(20(41)3)18-46(5,43)44)24-15-35-29(13-22(23)24)37-28-9-10-34-32(38-28)40-17-25(33)27(45-4)12-19(40)2/h6,9-10,13-15,19-21,25-27H,1,7-8,11-12,16-18H2,2-5H3,(H,34,35,37,38)/t19-,20-,21-,25+,26?,27-/m1/s1. The molecule has 3 fully saturated rings. The Morgan fingerprint density at radius 3 is 2.67 bits per heavy atom. The van der Waals surface area contributed by atoms with Crippen molar-refractivity contribution in [1.29, 1.82) is 0 Å². The molecule has 6 atom stereocenters. The number of halogens is 1. The lowest BCUT2D eigenvalue weighted by atomic mass is 9.90. The zero-order valence-corrected chi connectivity index (χ0v) is 27.5. The van der Waals surface area contributed by atoms with Gasteiger partial charge in [0.15, 0.2) is 0 Å². The van der Waals surface area contributed by atoms with Gasteiger partial charge < -0.3 is 24.8 Å². The molecular weight excluding hydrogens is 611 g/mol. The van der Waals surface area contributed by atoms with E-state index >= 15 is 0 Å². The Bertz CT molecular complexity index is 1740. The van der Waals surface area contributed by atoms with Crippen molar-refractivity contribution < 1.29 is 22.3 Å². The number of likely N-dealkylation sites (tertiary alicyclic amines) is 1. The van der Waals surface area contributed by atoms with Crippen LogP contribution in [0.1, 0.15) is 44.7 Å². The van der Waals surface area contributed by atoms with Crippen LogP contribution in [0, 0.1) is 5.92 Å². The number of amides is 1. The van der Waals surface area contributed by atoms with E-state index in [9.17, 15) is 17.6 Å². The van der Waals surface area contributed by atoms with Crippen LogP contribution in [0.3, 0.4) is 0 Å². The molecule has 0 radical (unpaired) electrons. The van der Waals surface area contributed by atoms with Gasteiger partial charge in [0, 0.05) is 74.0 Å². The summed E-state index contributed by atoms with van der Waals surface area (Å²) in [7, 11) is -1.58. The van der Waals surface area contributed by atoms with E-state index in [4.69, 9.17) is 19.7 Å². The number of anilines is 4. The molecule has 246 valence electrons. The van der Waals surface area contributed by atoms with Gasteiger partial charge in [-0.15, -0.1) is 0 Å². The highest BCUT2D eigenvalue weighted by Gasteiger charge is 2.40. The van der Waals surface area contributed by atoms with Crippen LogP contribution in [0.25, 0.3) is 10.8 Å². The van der Waals surface area contributed by atoms with Crippen LogP contribution in [0.15, 0.2) is 43.4 Å². The van der Waals surface area contributed by atoms with E-state index in [0.717, 1.165) is 35.0 Å². The van der Waals surface area contributed by atoms with Crippen molar-refractivity contribution in [2.75, 3.05) is 53.9 Å². The molecule has 1 amide bonds. The number of fused-ring (bicyclic) bond motifs is 1. The fraction of sp³-hybridized carbons (Fsp3) is 0.531. The molecule has 12 nitrogen and oxygen atoms in total. The van der Waals surface area contributed by atoms with Crippen molar-refractivity contribution >= 4 is 49.9 Å². The lowest BCUT2D eigenvalue weighted by Crippen LogP contribution is -2.57. The van der Waals surface area contributed by atoms with Crippen molar-refractivity contribution in [3.8, 4) is 0 Å². The maximum atomic E-state index is 14.7. The number of ether oxygens (including phenoxy) is 1. The molecule has 0 aromatic carbocycles. The van der Waals surface area contributed by atoms with Crippen LogP contribution < -0.4 is 15.1 Å². The predicted molar refractivity (Wildman–Crippen MR) is 176 cm³/mol. The molecule has 3 aromatic rings. The van der Waals surface area contributed by atoms with Crippen LogP contribution >= 0.6 is 0 Å². The number of methoxy groups -OCH3 is 1. The molecule has 3 aliphatic rings. The third-order valence-electron chi connectivity index (χ3n) is 9.58. The minimum atomic E-state index is -3.11. The van der Waals surface area contributed by atoms with Gasteiger partial charge >= 0.3 is 0 Å². The Hall–Kier alpha value is -3.91. The van der Waals surface area contributed by atoms with E-state index in [1.165, 1.54) is 19.4 Å². The summed E-state index contributed by atoms with van der Waals surface area (Å²) in [5.74, 6) is 2.21. The maximum absolute atomic E-state index is 14.7. The van der Waals surface area contributed by atoms with Gasteiger partial charge in [-0.3, -0.25) is 4.79 Å². The number of pyridine rings is 2. The lowest BCUT2D eigenvalue weighted by molar-refractivity contribution is -0.126. The molecule has 6 heterocycles. The molecule has 3 aromatic heterocycles. The fourth-order valence-corrected chi connectivity index (χ4v) is 8.19. The SMILES string of the molecule is C=CC(=O)N1CCCC1c1cnc(N2C[C@H](CS(C)(=O)=O)[C@H]2C)c2cnc(Nc3ccnc(N4C[C@H](F)[C@H](OC)C[C@H]4C)n3)cc12. The first-order chi connectivity index (χ1) is 22.0. The van der Waals surface area contributed by atoms with E-state index in [1.54, 1.807) is 18.5 Å². The van der Waals surface area contributed by atoms with E-state index in [2.05, 4.69) is 21.8 Å². The van der Waals surface area contributed by atoms with Crippen molar-refractivity contribution in [3.63, 3.8) is 0 Å². The first-order valence-electron chi connectivity index (χ1n) is 15.7. The summed E-state index contributed by atoms with van der Waals surface area (Å²) in [5.41, 5.74) is 0.907. The third-order valence-corrected chi connectivity index (χ3v) is 10.6. The Balaban J connectivity index is 1.34. The number of hydrogen-bond donors (Lipinski definition) is 1. The third kappa shape index (κ3) is 6.24. The largest absolute Gasteiger partial charge is 0.378 e. The minimum absolute atomic E-state index is 0.00645. The zero-order valence-electron chi connectivity index (χ0n) is 26.6. The van der Waals surface area contributed by atoms with E-state index in [1.807, 2.05) is 35.9 Å². The predicted octanol–water partition coefficient (Wildman–Crippen LogP) is 3.83. The Morgan fingerprint density at radius 2 is 1.96 bits per heavy atom. The minimum Gasteiger partial charge on any atom is -0.378 e. The van der Waals surface area contributed by atoms with Crippen LogP contribution in [0.5, 0.6) is 0 Å². The molecule has 1 N–H and O–H groups in total. The number of nitrogens with zero attached hydrogens (tertiary/aromatic N) is 7. The molecule has 3 saturated heterocycles. The summed E-state index contributed by atoms with van der Waals surface area (Å²) < 4.78 is 44.0. The van der Waals surface area contributed by atoms with Gasteiger partial charge in [0.25, 0.3) is 0 Å². The topological polar surface area (TPSA) is 134 Å². The van der Waals surface area contributed by atoms with Crippen molar-refractivity contribution in [3.05, 3.63) is 48.9 Å². The second-order valence-corrected chi connectivity index (χ2v) is 14.9. The molecule has 0 saturated carbocycles. The highest BCUT2D eigenvalue weighted by Crippen LogP contribution is 2.41. The van der Waals surface area contributed by atoms with Crippen molar-refractivity contribution in [2.24, 2.45) is 5.92 Å². The smallest absolute Gasteiger partial charge is 0.246 e. The normalized spacial score (nSPS) is 26.7. The maximum Gasteiger partial charge on any atom is 0.246 e. The van der Waals surface area contributed by atoms with E-state index in [-0.39, 0.29) is 42.2 Å². The summed E-state index contributed by atoms with van der Waals surface area (Å²) in [6.07, 6.45) is 8.43. The number of piperidine rings is 1. The van der Waals surface area contributed by atoms with Gasteiger partial charge in [-0.2, -0.15) is 4.98 Å². The number of sulfone groups is 1. The van der Waals surface area contributed by atoms with E-state index < -0.39 is 22.1 Å². The number of nitrogens with one attached hydrogen (secondary N) is 1. The highest BCUT2D eigenvalue weighted by atomic mass is 32.2. The van der Waals surface area contributed by atoms with Gasteiger partial charge in [0.2, 0.25) is 11.9 Å². The molecule has 6 rings (SSSR count). The number of alkyl halides is 1. The summed E-state index contributed by atoms with van der Waals surface area (Å²) in [6, 6.07) is 3.48. The molecule has 1 unspecified atom stereocenters. The number of aromatic nitrogens is 4. The van der Waals surface area contributed by atoms with Gasteiger partial charge in [-0.05, 0) is 56.7 Å². The van der Waals surface area contributed by atoms with E-state index in [0.29, 0.717) is 37.1 Å². The first kappa shape index (κ1) is 32.0. The van der Waals surface area contributed by atoms with Crippen LogP contribution in [0.2, 0.25) is 0 Å². The second-order valence-electron chi connectivity index (χ2n) is 12.7. The summed E-state index contributed by atoms with van der Waals surface area (Å²) in [6.45, 7) is 9.06. The van der Waals surface area contributed by atoms with Crippen molar-refractivity contribution in [2.45, 2.75) is 63.5 Å². The van der Waals surface area contributed by atoms with Gasteiger partial charge in [-0.25, -0.2) is 27.8 Å². The summed E-state index contributed by atoms with van der Waals surface area (Å²) in [4.78, 5) is 37.2. The first-order valence-corrected chi connectivity index (χ1v) is 17.7. The Kier molecular flexibility index (Phi) is 8.85. The number of carbonyl (C=O) groups is 1. The molecule has 0 aliphatic carbocycles. The molecule has 14 heteroatoms. The number of carbonyl (C=O) groups excluding carboxylic acids is 1. The average molecular weight is 653 g/mol. The highest BCUT2D eigenvalue weighted by molar-refractivity contribution is 7.90. The molecule has 3 aliphatic heterocycles. The van der Waals surface area contributed by atoms with Crippen molar-refractivity contribution in [1.82, 2.24) is 24.8 Å². The number of hydrogen-bond acceptors (Lipinski definition) is 11. The fourth-order valence-electron chi connectivity index (χ4n) is 7.03. The number of rotatable bonds is 9. The van der Waals surface area contributed by atoms with Crippen LogP contribution in [-0.4, -0.2) is 102 Å². The zero-order chi connectivity index (χ0) is 32.7. The summed E-state index contributed by atoms with van der Waals surface area (Å²) in [5, 5.41) is 5.00. The summed E-state index contributed by atoms with van der Waals surface area (Å²) >= 11 is 0. The van der Waals surface area contributed by atoms with Crippen LogP contribution in [-0.2, 0) is 19.4 Å². The quantitative estimate of drug-likeness (QED) is 0.338. The monoisotopic (exact) mass is 652 g/mol. The van der Waals surface area contributed by atoms with Gasteiger partial charge in [0.05, 0.1) is 24.4 Å². The second kappa shape index (κ2) is 12.7. The Labute approximate surface area is 269 Å².